The minimum absolute atomic E-state index is 0.0585. The Bertz CT molecular complexity index is 1110. The van der Waals surface area contributed by atoms with Crippen LogP contribution < -0.4 is 0 Å². The molecule has 212 valence electrons. The predicted octanol–water partition coefficient (Wildman–Crippen LogP) is 3.02. The molecule has 4 rings (SSSR count). The number of nitrogens with zero attached hydrogens (tertiary/aromatic N) is 3. The zero-order chi connectivity index (χ0) is 28.5. The molecule has 1 aromatic rings. The topological polar surface area (TPSA) is 90.4 Å². The van der Waals surface area contributed by atoms with Crippen LogP contribution in [0, 0.1) is 17.8 Å². The predicted molar refractivity (Wildman–Crippen MR) is 149 cm³/mol. The molecule has 0 saturated carbocycles. The molecular weight excluding hydrogens is 494 g/mol. The molecular formula is C31H43N3O5. The lowest BCUT2D eigenvalue weighted by molar-refractivity contribution is -0.157. The van der Waals surface area contributed by atoms with Crippen molar-refractivity contribution in [1.29, 1.82) is 0 Å². The second-order valence-electron chi connectivity index (χ2n) is 11.6. The summed E-state index contributed by atoms with van der Waals surface area (Å²) in [6.45, 7) is 14.2. The third kappa shape index (κ3) is 4.72. The van der Waals surface area contributed by atoms with Crippen LogP contribution in [0.2, 0.25) is 0 Å². The largest absolute Gasteiger partial charge is 0.394 e. The van der Waals surface area contributed by atoms with E-state index in [0.29, 0.717) is 32.5 Å². The van der Waals surface area contributed by atoms with Crippen molar-refractivity contribution >= 4 is 17.7 Å². The average Bonchev–Trinajstić information content (AvgIpc) is 3.49. The van der Waals surface area contributed by atoms with E-state index in [9.17, 15) is 19.5 Å². The summed E-state index contributed by atoms with van der Waals surface area (Å²) in [5.41, 5.74) is -1.04. The lowest BCUT2D eigenvalue weighted by Crippen LogP contribution is -2.59. The summed E-state index contributed by atoms with van der Waals surface area (Å²) in [6.07, 6.45) is 5.12. The Morgan fingerprint density at radius 2 is 1.85 bits per heavy atom. The summed E-state index contributed by atoms with van der Waals surface area (Å²) < 4.78 is 6.76. The van der Waals surface area contributed by atoms with Crippen LogP contribution in [-0.4, -0.2) is 87.6 Å². The standard InChI is InChI=1S/C31H43N3O5/c1-7-17-32(6)27(36)24-25-28(37)34(23(20-35)21(4)9-3)26(31(25)16-15-30(24,5)39-31)29(38)33(18-8-2)19-22-13-11-10-12-14-22/h7-8,10-14,21,23-26,35H,1-2,9,15-20H2,3-6H3/t21-,23-,24-,25-,26?,30+,31?/m0/s1. The SMILES string of the molecule is C=CCN(C)C(=O)[C@@H]1[C@H]2C(=O)N([C@@H](CO)[C@@H](C)CC)C(C(=O)N(CC=C)Cc3ccccc3)C23CC[C@@]1(C)O3. The maximum Gasteiger partial charge on any atom is 0.249 e. The molecule has 3 fully saturated rings. The fourth-order valence-electron chi connectivity index (χ4n) is 7.08. The molecule has 3 aliphatic rings. The van der Waals surface area contributed by atoms with Gasteiger partial charge in [-0.15, -0.1) is 13.2 Å². The van der Waals surface area contributed by atoms with E-state index in [2.05, 4.69) is 13.2 Å². The summed E-state index contributed by atoms with van der Waals surface area (Å²) in [5.74, 6) is -2.28. The maximum absolute atomic E-state index is 14.6. The number of carbonyl (C=O) groups is 3. The first-order valence-corrected chi connectivity index (χ1v) is 14.0. The van der Waals surface area contributed by atoms with Crippen molar-refractivity contribution in [3.8, 4) is 0 Å². The number of fused-ring (bicyclic) bond motifs is 1. The van der Waals surface area contributed by atoms with Gasteiger partial charge >= 0.3 is 0 Å². The van der Waals surface area contributed by atoms with Crippen molar-refractivity contribution in [2.24, 2.45) is 17.8 Å². The molecule has 1 N–H and O–H groups in total. The van der Waals surface area contributed by atoms with Gasteiger partial charge in [0.15, 0.2) is 0 Å². The molecule has 7 atom stereocenters. The van der Waals surface area contributed by atoms with Crippen LogP contribution >= 0.6 is 0 Å². The van der Waals surface area contributed by atoms with Gasteiger partial charge < -0.3 is 24.5 Å². The quantitative estimate of drug-likeness (QED) is 0.414. The number of rotatable bonds is 12. The number of hydrogen-bond acceptors (Lipinski definition) is 5. The molecule has 3 heterocycles. The van der Waals surface area contributed by atoms with Crippen molar-refractivity contribution < 1.29 is 24.2 Å². The normalized spacial score (nSPS) is 30.5. The fourth-order valence-corrected chi connectivity index (χ4v) is 7.08. The molecule has 39 heavy (non-hydrogen) atoms. The van der Waals surface area contributed by atoms with Gasteiger partial charge in [-0.1, -0.05) is 62.8 Å². The summed E-state index contributed by atoms with van der Waals surface area (Å²) in [5, 5.41) is 10.5. The second kappa shape index (κ2) is 11.3. The lowest BCUT2D eigenvalue weighted by atomic mass is 9.66. The van der Waals surface area contributed by atoms with Gasteiger partial charge in [-0.3, -0.25) is 14.4 Å². The molecule has 2 unspecified atom stereocenters. The number of carbonyl (C=O) groups excluding carboxylic acids is 3. The van der Waals surface area contributed by atoms with E-state index in [1.54, 1.807) is 33.9 Å². The number of benzene rings is 1. The monoisotopic (exact) mass is 537 g/mol. The molecule has 8 heteroatoms. The first-order valence-electron chi connectivity index (χ1n) is 14.0. The number of likely N-dealkylation sites (N-methyl/N-ethyl adjacent to an activating group) is 1. The van der Waals surface area contributed by atoms with Gasteiger partial charge in [0.25, 0.3) is 0 Å². The molecule has 2 bridgehead atoms. The Morgan fingerprint density at radius 3 is 2.44 bits per heavy atom. The molecule has 1 aromatic carbocycles. The van der Waals surface area contributed by atoms with Crippen molar-refractivity contribution in [1.82, 2.24) is 14.7 Å². The van der Waals surface area contributed by atoms with E-state index >= 15 is 0 Å². The Labute approximate surface area is 232 Å². The molecule has 0 radical (unpaired) electrons. The number of ether oxygens (including phenoxy) is 1. The molecule has 1 spiro atoms. The van der Waals surface area contributed by atoms with E-state index in [0.717, 1.165) is 12.0 Å². The van der Waals surface area contributed by atoms with Gasteiger partial charge in [0.1, 0.15) is 11.6 Å². The third-order valence-electron chi connectivity index (χ3n) is 9.22. The minimum atomic E-state index is -1.14. The first kappa shape index (κ1) is 29.0. The molecule has 8 nitrogen and oxygen atoms in total. The summed E-state index contributed by atoms with van der Waals surface area (Å²) in [6, 6.07) is 8.17. The van der Waals surface area contributed by atoms with E-state index < -0.39 is 35.1 Å². The zero-order valence-electron chi connectivity index (χ0n) is 23.7. The average molecular weight is 538 g/mol. The van der Waals surface area contributed by atoms with E-state index in [1.165, 1.54) is 0 Å². The van der Waals surface area contributed by atoms with E-state index in [4.69, 9.17) is 4.74 Å². The first-order chi connectivity index (χ1) is 18.6. The van der Waals surface area contributed by atoms with Crippen LogP contribution in [0.4, 0.5) is 0 Å². The molecule has 0 aliphatic carbocycles. The smallest absolute Gasteiger partial charge is 0.249 e. The van der Waals surface area contributed by atoms with Gasteiger partial charge in [-0.2, -0.15) is 0 Å². The molecule has 0 aromatic heterocycles. The Balaban J connectivity index is 1.82. The molecule has 3 aliphatic heterocycles. The van der Waals surface area contributed by atoms with Crippen LogP contribution in [0.5, 0.6) is 0 Å². The highest BCUT2D eigenvalue weighted by Gasteiger charge is 2.78. The summed E-state index contributed by atoms with van der Waals surface area (Å²) in [7, 11) is 1.70. The Hall–Kier alpha value is -2.97. The minimum Gasteiger partial charge on any atom is -0.394 e. The third-order valence-corrected chi connectivity index (χ3v) is 9.22. The van der Waals surface area contributed by atoms with Crippen molar-refractivity contribution in [3.05, 3.63) is 61.2 Å². The fraction of sp³-hybridized carbons (Fsp3) is 0.581. The second-order valence-corrected chi connectivity index (χ2v) is 11.6. The highest BCUT2D eigenvalue weighted by atomic mass is 16.5. The molecule has 3 saturated heterocycles. The van der Waals surface area contributed by atoms with Crippen LogP contribution in [0.25, 0.3) is 0 Å². The number of amides is 3. The van der Waals surface area contributed by atoms with Crippen molar-refractivity contribution in [2.75, 3.05) is 26.7 Å². The number of aliphatic hydroxyl groups excluding tert-OH is 1. The van der Waals surface area contributed by atoms with Crippen molar-refractivity contribution in [3.63, 3.8) is 0 Å². The number of likely N-dealkylation sites (tertiary alicyclic amines) is 1. The Morgan fingerprint density at radius 1 is 1.18 bits per heavy atom. The zero-order valence-corrected chi connectivity index (χ0v) is 23.7. The summed E-state index contributed by atoms with van der Waals surface area (Å²) >= 11 is 0. The number of aliphatic hydroxyl groups is 1. The summed E-state index contributed by atoms with van der Waals surface area (Å²) in [4.78, 5) is 47.7. The van der Waals surface area contributed by atoms with Crippen LogP contribution in [0.15, 0.2) is 55.6 Å². The highest BCUT2D eigenvalue weighted by Crippen LogP contribution is 2.64. The van der Waals surface area contributed by atoms with Gasteiger partial charge in [0, 0.05) is 26.7 Å². The highest BCUT2D eigenvalue weighted by molar-refractivity contribution is 5.99. The van der Waals surface area contributed by atoms with E-state index in [1.807, 2.05) is 51.1 Å². The van der Waals surface area contributed by atoms with Crippen LogP contribution in [0.3, 0.4) is 0 Å². The van der Waals surface area contributed by atoms with Gasteiger partial charge in [-0.05, 0) is 31.2 Å². The van der Waals surface area contributed by atoms with Crippen LogP contribution in [-0.2, 0) is 25.7 Å². The van der Waals surface area contributed by atoms with Gasteiger partial charge in [-0.25, -0.2) is 0 Å². The van der Waals surface area contributed by atoms with Gasteiger partial charge in [0.05, 0.1) is 30.1 Å². The van der Waals surface area contributed by atoms with Gasteiger partial charge in [0.2, 0.25) is 17.7 Å². The maximum atomic E-state index is 14.6. The number of hydrogen-bond donors (Lipinski definition) is 1. The lowest BCUT2D eigenvalue weighted by Gasteiger charge is -2.41. The van der Waals surface area contributed by atoms with E-state index in [-0.39, 0.29) is 30.2 Å². The molecule has 3 amide bonds. The van der Waals surface area contributed by atoms with Crippen LogP contribution in [0.1, 0.15) is 45.6 Å². The van der Waals surface area contributed by atoms with Crippen molar-refractivity contribution in [2.45, 2.75) is 69.9 Å². The Kier molecular flexibility index (Phi) is 8.38.